The number of aromatic nitrogens is 4. The molecule has 0 unspecified atom stereocenters. The summed E-state index contributed by atoms with van der Waals surface area (Å²) in [5, 5.41) is 8.89. The lowest BCUT2D eigenvalue weighted by Gasteiger charge is -2.29. The first kappa shape index (κ1) is 34.4. The Bertz CT molecular complexity index is 1440. The fraction of sp³-hybridized carbons (Fsp3) is 0.548. The molecule has 44 heavy (non-hydrogen) atoms. The fourth-order valence-corrected chi connectivity index (χ4v) is 4.47. The number of rotatable bonds is 18. The molecule has 0 spiro atoms. The number of fused-ring (bicyclic) bond motifs is 1. The number of hydrogen-bond donors (Lipinski definition) is 5. The van der Waals surface area contributed by atoms with E-state index in [-0.39, 0.29) is 40.1 Å². The Morgan fingerprint density at radius 1 is 0.955 bits per heavy atom. The SMILES string of the molecule is CCCC(C)(C)OCCC(C)(C)OCCNC(=O)CCCNC(=O)c1ccc(NCc2cnc3nc(N)[nH]c(=O)c3n2)cc1. The summed E-state index contributed by atoms with van der Waals surface area (Å²) in [6, 6.07) is 6.95. The summed E-state index contributed by atoms with van der Waals surface area (Å²) in [4.78, 5) is 51.5. The van der Waals surface area contributed by atoms with Crippen LogP contribution in [0.4, 0.5) is 11.6 Å². The maximum absolute atomic E-state index is 12.5. The zero-order valence-electron chi connectivity index (χ0n) is 26.4. The van der Waals surface area contributed by atoms with Crippen LogP contribution in [0.1, 0.15) is 82.8 Å². The molecule has 13 heteroatoms. The van der Waals surface area contributed by atoms with Crippen LogP contribution in [0.25, 0.3) is 11.2 Å². The van der Waals surface area contributed by atoms with E-state index < -0.39 is 5.56 Å². The maximum Gasteiger partial charge on any atom is 0.280 e. The molecule has 0 aliphatic rings. The Balaban J connectivity index is 1.29. The van der Waals surface area contributed by atoms with Gasteiger partial charge in [0.2, 0.25) is 11.9 Å². The molecule has 2 amide bonds. The predicted molar refractivity (Wildman–Crippen MR) is 170 cm³/mol. The smallest absolute Gasteiger partial charge is 0.280 e. The monoisotopic (exact) mass is 610 g/mol. The van der Waals surface area contributed by atoms with Gasteiger partial charge in [-0.25, -0.2) is 9.97 Å². The van der Waals surface area contributed by atoms with Crippen molar-refractivity contribution in [3.05, 3.63) is 52.1 Å². The van der Waals surface area contributed by atoms with E-state index in [4.69, 9.17) is 15.2 Å². The number of hydrogen-bond acceptors (Lipinski definition) is 10. The average Bonchev–Trinajstić information content (AvgIpc) is 2.96. The predicted octanol–water partition coefficient (Wildman–Crippen LogP) is 3.31. The third kappa shape index (κ3) is 11.5. The van der Waals surface area contributed by atoms with Crippen molar-refractivity contribution in [2.24, 2.45) is 0 Å². The highest BCUT2D eigenvalue weighted by Gasteiger charge is 2.22. The fourth-order valence-electron chi connectivity index (χ4n) is 4.47. The van der Waals surface area contributed by atoms with Crippen molar-refractivity contribution in [2.75, 3.05) is 37.4 Å². The molecule has 13 nitrogen and oxygen atoms in total. The van der Waals surface area contributed by atoms with Crippen molar-refractivity contribution in [1.82, 2.24) is 30.6 Å². The van der Waals surface area contributed by atoms with Crippen LogP contribution in [0.15, 0.2) is 35.3 Å². The number of nitrogens with two attached hydrogens (primary N) is 1. The largest absolute Gasteiger partial charge is 0.379 e. The molecule has 0 aliphatic heterocycles. The van der Waals surface area contributed by atoms with Gasteiger partial charge in [0.1, 0.15) is 0 Å². The Morgan fingerprint density at radius 2 is 1.66 bits per heavy atom. The molecule has 0 radical (unpaired) electrons. The first-order valence-corrected chi connectivity index (χ1v) is 15.1. The number of H-pyrrole nitrogens is 1. The quantitative estimate of drug-likeness (QED) is 0.134. The molecule has 0 saturated carbocycles. The van der Waals surface area contributed by atoms with Crippen LogP contribution in [-0.4, -0.2) is 69.3 Å². The summed E-state index contributed by atoms with van der Waals surface area (Å²) >= 11 is 0. The highest BCUT2D eigenvalue weighted by atomic mass is 16.5. The average molecular weight is 611 g/mol. The highest BCUT2D eigenvalue weighted by Crippen LogP contribution is 2.20. The van der Waals surface area contributed by atoms with E-state index in [0.29, 0.717) is 56.9 Å². The summed E-state index contributed by atoms with van der Waals surface area (Å²) < 4.78 is 11.9. The van der Waals surface area contributed by atoms with Crippen LogP contribution in [-0.2, 0) is 20.8 Å². The lowest BCUT2D eigenvalue weighted by Crippen LogP contribution is -2.34. The second-order valence-corrected chi connectivity index (χ2v) is 11.8. The molecule has 0 fully saturated rings. The van der Waals surface area contributed by atoms with Gasteiger partial charge < -0.3 is 31.2 Å². The van der Waals surface area contributed by atoms with Crippen LogP contribution in [0, 0.1) is 0 Å². The van der Waals surface area contributed by atoms with E-state index in [2.05, 4.69) is 56.7 Å². The minimum Gasteiger partial charge on any atom is -0.379 e. The van der Waals surface area contributed by atoms with Gasteiger partial charge in [-0.15, -0.1) is 0 Å². The second-order valence-electron chi connectivity index (χ2n) is 11.8. The van der Waals surface area contributed by atoms with E-state index in [1.54, 1.807) is 24.3 Å². The molecule has 2 heterocycles. The van der Waals surface area contributed by atoms with Crippen molar-refractivity contribution in [2.45, 2.75) is 84.5 Å². The lowest BCUT2D eigenvalue weighted by atomic mass is 10.0. The van der Waals surface area contributed by atoms with Gasteiger partial charge in [-0.3, -0.25) is 19.4 Å². The van der Waals surface area contributed by atoms with E-state index >= 15 is 0 Å². The van der Waals surface area contributed by atoms with Crippen LogP contribution in [0.3, 0.4) is 0 Å². The standard InChI is InChI=1S/C31H46N8O5/c1-6-13-30(2,3)43-17-14-31(4,5)44-18-16-33-24(40)8-7-15-34-27(41)21-9-11-22(12-10-21)35-19-23-20-36-26-25(37-23)28(42)39-29(32)38-26/h9-12,20,35H,6-8,13-19H2,1-5H3,(H,33,40)(H,34,41)(H3,32,36,38,39,42). The molecule has 240 valence electrons. The summed E-state index contributed by atoms with van der Waals surface area (Å²) in [6.45, 7) is 12.6. The molecule has 0 atom stereocenters. The number of anilines is 2. The van der Waals surface area contributed by atoms with Gasteiger partial charge in [-0.05, 0) is 71.2 Å². The van der Waals surface area contributed by atoms with Crippen LogP contribution >= 0.6 is 0 Å². The summed E-state index contributed by atoms with van der Waals surface area (Å²) in [7, 11) is 0. The number of amides is 2. The van der Waals surface area contributed by atoms with Crippen molar-refractivity contribution >= 4 is 34.6 Å². The molecule has 3 rings (SSSR count). The van der Waals surface area contributed by atoms with Crippen LogP contribution in [0.2, 0.25) is 0 Å². The minimum absolute atomic E-state index is 0.0158. The number of nitrogens with zero attached hydrogens (tertiary/aromatic N) is 3. The Labute approximate surface area is 258 Å². The van der Waals surface area contributed by atoms with E-state index in [0.717, 1.165) is 24.9 Å². The number of carbonyl (C=O) groups is 2. The zero-order chi connectivity index (χ0) is 32.2. The molecule has 2 aromatic heterocycles. The first-order chi connectivity index (χ1) is 20.9. The van der Waals surface area contributed by atoms with E-state index in [9.17, 15) is 14.4 Å². The molecule has 0 aliphatic carbocycles. The van der Waals surface area contributed by atoms with Gasteiger partial charge in [0.15, 0.2) is 11.2 Å². The molecule has 0 saturated heterocycles. The Kier molecular flexibility index (Phi) is 12.6. The third-order valence-corrected chi connectivity index (χ3v) is 6.94. The van der Waals surface area contributed by atoms with Crippen molar-refractivity contribution in [1.29, 1.82) is 0 Å². The maximum atomic E-state index is 12.5. The van der Waals surface area contributed by atoms with Gasteiger partial charge >= 0.3 is 0 Å². The number of ether oxygens (including phenoxy) is 2. The molecular formula is C31H46N8O5. The van der Waals surface area contributed by atoms with E-state index in [1.165, 1.54) is 6.20 Å². The van der Waals surface area contributed by atoms with Crippen LogP contribution in [0.5, 0.6) is 0 Å². The number of nitrogens with one attached hydrogen (secondary N) is 4. The van der Waals surface area contributed by atoms with Crippen molar-refractivity contribution in [3.8, 4) is 0 Å². The van der Waals surface area contributed by atoms with Crippen molar-refractivity contribution in [3.63, 3.8) is 0 Å². The molecule has 1 aromatic carbocycles. The first-order valence-electron chi connectivity index (χ1n) is 15.1. The van der Waals surface area contributed by atoms with Gasteiger partial charge in [0.05, 0.1) is 42.9 Å². The Morgan fingerprint density at radius 3 is 2.39 bits per heavy atom. The number of carbonyl (C=O) groups excluding carboxylic acids is 2. The molecule has 6 N–H and O–H groups in total. The van der Waals surface area contributed by atoms with Crippen LogP contribution < -0.4 is 27.2 Å². The number of benzene rings is 1. The lowest BCUT2D eigenvalue weighted by molar-refractivity contribution is -0.122. The molecule has 0 bridgehead atoms. The van der Waals surface area contributed by atoms with Gasteiger partial charge in [-0.2, -0.15) is 4.98 Å². The number of nitrogen functional groups attached to an aromatic ring is 1. The normalized spacial score (nSPS) is 11.8. The summed E-state index contributed by atoms with van der Waals surface area (Å²) in [6.07, 6.45) is 5.21. The van der Waals surface area contributed by atoms with E-state index in [1.807, 2.05) is 13.8 Å². The van der Waals surface area contributed by atoms with Gasteiger partial charge in [0, 0.05) is 30.8 Å². The summed E-state index contributed by atoms with van der Waals surface area (Å²) in [5.41, 5.74) is 6.71. The van der Waals surface area contributed by atoms with Gasteiger partial charge in [0.25, 0.3) is 11.5 Å². The molecular weight excluding hydrogens is 564 g/mol. The minimum atomic E-state index is -0.453. The zero-order valence-corrected chi connectivity index (χ0v) is 26.4. The highest BCUT2D eigenvalue weighted by molar-refractivity contribution is 5.94. The molecule has 3 aromatic rings. The van der Waals surface area contributed by atoms with Crippen molar-refractivity contribution < 1.29 is 19.1 Å². The summed E-state index contributed by atoms with van der Waals surface area (Å²) in [5.74, 6) is -0.319. The second kappa shape index (κ2) is 16.1. The number of aromatic amines is 1. The topological polar surface area (TPSA) is 186 Å². The Hall–Kier alpha value is -4.10. The van der Waals surface area contributed by atoms with Gasteiger partial charge in [-0.1, -0.05) is 13.3 Å². The third-order valence-electron chi connectivity index (χ3n) is 6.94.